The second-order valence-corrected chi connectivity index (χ2v) is 8.05. The Morgan fingerprint density at radius 1 is 0.920 bits per heavy atom. The van der Waals surface area contributed by atoms with Gasteiger partial charge in [-0.1, -0.05) is 30.3 Å². The summed E-state index contributed by atoms with van der Waals surface area (Å²) < 4.78 is 1.15. The fraction of sp³-hybridized carbons (Fsp3) is 0.100. The Hall–Kier alpha value is -1.78. The van der Waals surface area contributed by atoms with Gasteiger partial charge in [0.25, 0.3) is 0 Å². The van der Waals surface area contributed by atoms with Crippen molar-refractivity contribution >= 4 is 64.8 Å². The van der Waals surface area contributed by atoms with Crippen LogP contribution in [0.5, 0.6) is 0 Å². The van der Waals surface area contributed by atoms with Crippen LogP contribution in [0.4, 0.5) is 5.82 Å². The molecular weight excluding hydrogens is 440 g/mol. The number of hydrogen-bond donors (Lipinski definition) is 1. The highest BCUT2D eigenvalue weighted by atomic mass is 127. The quantitative estimate of drug-likeness (QED) is 0.284. The molecule has 1 atom stereocenters. The van der Waals surface area contributed by atoms with Gasteiger partial charge in [0.05, 0.1) is 5.52 Å². The zero-order chi connectivity index (χ0) is 17.4. The van der Waals surface area contributed by atoms with Crippen LogP contribution in [0.15, 0.2) is 54.7 Å². The van der Waals surface area contributed by atoms with Crippen molar-refractivity contribution < 1.29 is 0 Å². The number of rotatable bonds is 3. The van der Waals surface area contributed by atoms with Crippen LogP contribution in [0.3, 0.4) is 0 Å². The number of fused-ring (bicyclic) bond motifs is 3. The minimum absolute atomic E-state index is 0.493. The fourth-order valence-electron chi connectivity index (χ4n) is 3.03. The lowest BCUT2D eigenvalue weighted by molar-refractivity contribution is 0.955. The molecule has 124 valence electrons. The molecule has 2 heterocycles. The molecule has 0 aliphatic carbocycles. The molecule has 0 spiro atoms. The van der Waals surface area contributed by atoms with Crippen molar-refractivity contribution in [2.75, 3.05) is 5.73 Å². The smallest absolute Gasteiger partial charge is 0.150 e. The van der Waals surface area contributed by atoms with E-state index in [0.29, 0.717) is 5.82 Å². The predicted molar refractivity (Wildman–Crippen MR) is 117 cm³/mol. The number of pyridine rings is 2. The number of aromatic nitrogens is 2. The maximum Gasteiger partial charge on any atom is 0.150 e. The van der Waals surface area contributed by atoms with Crippen molar-refractivity contribution in [3.05, 3.63) is 69.4 Å². The van der Waals surface area contributed by atoms with Gasteiger partial charge in [-0.25, -0.2) is 4.98 Å². The molecular formula is C20H17IN3P. The number of hydrogen-bond acceptors (Lipinski definition) is 3. The first kappa shape index (κ1) is 16.7. The molecule has 1 unspecified atom stereocenters. The molecule has 5 heteroatoms. The third-order valence-electron chi connectivity index (χ3n) is 4.36. The second-order valence-electron chi connectivity index (χ2n) is 6.14. The van der Waals surface area contributed by atoms with E-state index in [2.05, 4.69) is 90.3 Å². The molecule has 4 aromatic rings. The fourth-order valence-corrected chi connectivity index (χ4v) is 3.70. The average molecular weight is 457 g/mol. The summed E-state index contributed by atoms with van der Waals surface area (Å²) in [5, 5.41) is 3.39. The lowest BCUT2D eigenvalue weighted by atomic mass is 10.0. The zero-order valence-corrected chi connectivity index (χ0v) is 16.8. The van der Waals surface area contributed by atoms with Gasteiger partial charge in [0.1, 0.15) is 5.52 Å². The van der Waals surface area contributed by atoms with E-state index in [1.54, 1.807) is 0 Å². The first-order valence-corrected chi connectivity index (χ1v) is 9.73. The van der Waals surface area contributed by atoms with E-state index in [-0.39, 0.29) is 0 Å². The maximum absolute atomic E-state index is 6.12. The van der Waals surface area contributed by atoms with Crippen LogP contribution in [0.2, 0.25) is 0 Å². The predicted octanol–water partition coefficient (Wildman–Crippen LogP) is 4.26. The van der Waals surface area contributed by atoms with Crippen LogP contribution in [-0.4, -0.2) is 9.97 Å². The van der Waals surface area contributed by atoms with Crippen LogP contribution < -0.4 is 11.0 Å². The molecule has 0 saturated heterocycles. The van der Waals surface area contributed by atoms with Crippen molar-refractivity contribution in [2.45, 2.75) is 12.8 Å². The Kier molecular flexibility index (Phi) is 4.57. The molecule has 4 rings (SSSR count). The van der Waals surface area contributed by atoms with E-state index in [9.17, 15) is 0 Å². The van der Waals surface area contributed by atoms with E-state index >= 15 is 0 Å². The Bertz CT molecular complexity index is 1080. The monoisotopic (exact) mass is 457 g/mol. The molecule has 0 bridgehead atoms. The molecule has 0 aliphatic heterocycles. The second kappa shape index (κ2) is 6.85. The van der Waals surface area contributed by atoms with E-state index in [0.717, 1.165) is 38.2 Å². The van der Waals surface area contributed by atoms with E-state index in [1.807, 2.05) is 6.20 Å². The number of halogens is 1. The minimum atomic E-state index is 0.493. The average Bonchev–Trinajstić information content (AvgIpc) is 2.61. The van der Waals surface area contributed by atoms with Crippen LogP contribution in [0, 0.1) is 3.57 Å². The molecule has 25 heavy (non-hydrogen) atoms. The summed E-state index contributed by atoms with van der Waals surface area (Å²) in [7, 11) is 2.72. The third kappa shape index (κ3) is 3.46. The number of aryl methyl sites for hydroxylation is 2. The first-order chi connectivity index (χ1) is 12.1. The summed E-state index contributed by atoms with van der Waals surface area (Å²) in [4.78, 5) is 9.09. The molecule has 2 aromatic carbocycles. The van der Waals surface area contributed by atoms with Gasteiger partial charge in [0.2, 0.25) is 0 Å². The number of nitrogens with two attached hydrogens (primary N) is 1. The Morgan fingerprint density at radius 2 is 1.68 bits per heavy atom. The molecule has 2 N–H and O–H groups in total. The van der Waals surface area contributed by atoms with Gasteiger partial charge in [-0.15, -0.1) is 9.24 Å². The SMILES string of the molecule is Nc1nc2cc(I)ccc2c2cc(CCc3ccc(P)cc3)cnc12. The minimum Gasteiger partial charge on any atom is -0.382 e. The van der Waals surface area contributed by atoms with E-state index in [4.69, 9.17) is 5.73 Å². The molecule has 0 saturated carbocycles. The highest BCUT2D eigenvalue weighted by Crippen LogP contribution is 2.28. The largest absolute Gasteiger partial charge is 0.382 e. The molecule has 0 amide bonds. The zero-order valence-electron chi connectivity index (χ0n) is 13.5. The topological polar surface area (TPSA) is 51.8 Å². The van der Waals surface area contributed by atoms with Crippen molar-refractivity contribution in [1.82, 2.24) is 9.97 Å². The molecule has 2 aromatic heterocycles. The number of anilines is 1. The molecule has 0 radical (unpaired) electrons. The van der Waals surface area contributed by atoms with Crippen molar-refractivity contribution in [3.63, 3.8) is 0 Å². The molecule has 3 nitrogen and oxygen atoms in total. The van der Waals surface area contributed by atoms with Gasteiger partial charge in [0, 0.05) is 20.5 Å². The lowest BCUT2D eigenvalue weighted by Crippen LogP contribution is -1.98. The Labute approximate surface area is 162 Å². The van der Waals surface area contributed by atoms with Crippen LogP contribution in [0.1, 0.15) is 11.1 Å². The summed E-state index contributed by atoms with van der Waals surface area (Å²) in [5.74, 6) is 0.493. The van der Waals surface area contributed by atoms with Crippen LogP contribution in [0.25, 0.3) is 21.8 Å². The van der Waals surface area contributed by atoms with Gasteiger partial charge in [0.15, 0.2) is 5.82 Å². The van der Waals surface area contributed by atoms with Crippen molar-refractivity contribution in [2.24, 2.45) is 0 Å². The summed E-state index contributed by atoms with van der Waals surface area (Å²) in [6, 6.07) is 17.1. The summed E-state index contributed by atoms with van der Waals surface area (Å²) in [6.45, 7) is 0. The molecule has 0 aliphatic rings. The summed E-state index contributed by atoms with van der Waals surface area (Å²) >= 11 is 2.29. The van der Waals surface area contributed by atoms with E-state index < -0.39 is 0 Å². The normalized spacial score (nSPS) is 11.3. The summed E-state index contributed by atoms with van der Waals surface area (Å²) in [6.07, 6.45) is 3.87. The lowest BCUT2D eigenvalue weighted by Gasteiger charge is -2.09. The van der Waals surface area contributed by atoms with Crippen molar-refractivity contribution in [3.8, 4) is 0 Å². The first-order valence-electron chi connectivity index (χ1n) is 8.08. The number of nitrogens with zero attached hydrogens (tertiary/aromatic N) is 2. The third-order valence-corrected chi connectivity index (χ3v) is 5.42. The highest BCUT2D eigenvalue weighted by molar-refractivity contribution is 14.1. The standard InChI is InChI=1S/C20H17IN3P/c21-14-5-8-16-17-9-13(2-1-12-3-6-15(25)7-4-12)11-23-19(17)20(22)24-18(16)10-14/h3-11H,1-2,25H2,(H2,22,24). The maximum atomic E-state index is 6.12. The number of nitrogen functional groups attached to an aromatic ring is 1. The number of benzene rings is 2. The Balaban J connectivity index is 1.73. The van der Waals surface area contributed by atoms with Gasteiger partial charge < -0.3 is 5.73 Å². The van der Waals surface area contributed by atoms with Gasteiger partial charge in [-0.3, -0.25) is 4.98 Å². The summed E-state index contributed by atoms with van der Waals surface area (Å²) in [5.41, 5.74) is 10.4. The van der Waals surface area contributed by atoms with Crippen LogP contribution >= 0.6 is 31.8 Å². The van der Waals surface area contributed by atoms with Crippen molar-refractivity contribution in [1.29, 1.82) is 0 Å². The highest BCUT2D eigenvalue weighted by Gasteiger charge is 2.09. The van der Waals surface area contributed by atoms with Crippen LogP contribution in [-0.2, 0) is 12.8 Å². The van der Waals surface area contributed by atoms with Gasteiger partial charge in [-0.05, 0) is 70.1 Å². The van der Waals surface area contributed by atoms with Gasteiger partial charge >= 0.3 is 0 Å². The van der Waals surface area contributed by atoms with Gasteiger partial charge in [-0.2, -0.15) is 0 Å². The Morgan fingerprint density at radius 3 is 2.48 bits per heavy atom. The molecule has 0 fully saturated rings. The van der Waals surface area contributed by atoms with E-state index in [1.165, 1.54) is 16.4 Å².